The Morgan fingerprint density at radius 1 is 1.14 bits per heavy atom. The van der Waals surface area contributed by atoms with Crippen LogP contribution in [-0.2, 0) is 16.0 Å². The number of aromatic nitrogens is 2. The van der Waals surface area contributed by atoms with Crippen LogP contribution in [0.4, 0.5) is 13.2 Å². The molecule has 8 nitrogen and oxygen atoms in total. The van der Waals surface area contributed by atoms with Crippen LogP contribution in [0.15, 0.2) is 41.2 Å². The van der Waals surface area contributed by atoms with Crippen molar-refractivity contribution in [3.63, 3.8) is 0 Å². The number of carboxylic acids is 1. The van der Waals surface area contributed by atoms with Gasteiger partial charge < -0.3 is 10.4 Å². The molecule has 1 aliphatic rings. The minimum atomic E-state index is -1.36. The number of hydrogen-bond donors (Lipinski definition) is 2. The van der Waals surface area contributed by atoms with E-state index in [0.29, 0.717) is 37.3 Å². The normalized spacial score (nSPS) is 15.2. The minimum Gasteiger partial charge on any atom is -0.481 e. The molecule has 1 saturated heterocycles. The summed E-state index contributed by atoms with van der Waals surface area (Å²) in [5.41, 5.74) is 0.584. The molecule has 0 radical (unpaired) electrons. The Labute approximate surface area is 258 Å². The summed E-state index contributed by atoms with van der Waals surface area (Å²) < 4.78 is 44.7. The summed E-state index contributed by atoms with van der Waals surface area (Å²) in [7, 11) is 0. The Balaban J connectivity index is 1.71. The molecule has 2 atom stereocenters. The predicted octanol–water partition coefficient (Wildman–Crippen LogP) is 5.57. The number of rotatable bonds is 12. The van der Waals surface area contributed by atoms with Crippen molar-refractivity contribution in [2.45, 2.75) is 65.2 Å². The third kappa shape index (κ3) is 7.68. The van der Waals surface area contributed by atoms with E-state index >= 15 is 4.39 Å². The van der Waals surface area contributed by atoms with E-state index in [1.165, 1.54) is 37.3 Å². The molecular formula is C32H36ClF3N4O4. The Hall–Kier alpha value is -3.70. The van der Waals surface area contributed by atoms with Crippen molar-refractivity contribution >= 4 is 23.5 Å². The fraction of sp³-hybridized carbons (Fsp3) is 0.438. The first-order valence-corrected chi connectivity index (χ1v) is 14.8. The van der Waals surface area contributed by atoms with Gasteiger partial charge in [0, 0.05) is 42.7 Å². The molecule has 2 aromatic carbocycles. The number of aliphatic carboxylic acids is 1. The maximum Gasteiger partial charge on any atom is 0.305 e. The number of benzene rings is 2. The molecule has 12 heteroatoms. The van der Waals surface area contributed by atoms with Gasteiger partial charge in [-0.15, -0.1) is 0 Å². The fourth-order valence-electron chi connectivity index (χ4n) is 5.41. The second kappa shape index (κ2) is 13.9. The smallest absolute Gasteiger partial charge is 0.305 e. The summed E-state index contributed by atoms with van der Waals surface area (Å²) in [5.74, 6) is -3.51. The van der Waals surface area contributed by atoms with Crippen LogP contribution in [0.2, 0.25) is 5.02 Å². The van der Waals surface area contributed by atoms with Crippen LogP contribution in [0.5, 0.6) is 0 Å². The average molecular weight is 633 g/mol. The third-order valence-corrected chi connectivity index (χ3v) is 7.97. The molecule has 4 rings (SSSR count). The predicted molar refractivity (Wildman–Crippen MR) is 161 cm³/mol. The van der Waals surface area contributed by atoms with Gasteiger partial charge in [-0.05, 0) is 67.6 Å². The molecule has 1 aromatic heterocycles. The van der Waals surface area contributed by atoms with E-state index in [-0.39, 0.29) is 39.6 Å². The number of carbonyl (C=O) groups excluding carboxylic acids is 1. The maximum atomic E-state index is 15.6. The summed E-state index contributed by atoms with van der Waals surface area (Å²) in [6.45, 7) is 7.99. The van der Waals surface area contributed by atoms with Crippen LogP contribution in [0.3, 0.4) is 0 Å². The zero-order valence-electron chi connectivity index (χ0n) is 25.0. The van der Waals surface area contributed by atoms with Gasteiger partial charge in [0.15, 0.2) is 0 Å². The summed E-state index contributed by atoms with van der Waals surface area (Å²) >= 11 is 6.26. The van der Waals surface area contributed by atoms with Crippen molar-refractivity contribution in [2.75, 3.05) is 19.6 Å². The number of hydrogen-bond acceptors (Lipinski definition) is 5. The van der Waals surface area contributed by atoms with E-state index in [1.54, 1.807) is 13.0 Å². The number of nitrogens with one attached hydrogen (secondary N) is 1. The highest BCUT2D eigenvalue weighted by Crippen LogP contribution is 2.35. The van der Waals surface area contributed by atoms with Gasteiger partial charge in [0.2, 0.25) is 5.91 Å². The lowest BCUT2D eigenvalue weighted by Gasteiger charge is -2.34. The van der Waals surface area contributed by atoms with Gasteiger partial charge in [-0.1, -0.05) is 31.5 Å². The van der Waals surface area contributed by atoms with Gasteiger partial charge in [-0.2, -0.15) is 5.10 Å². The van der Waals surface area contributed by atoms with Gasteiger partial charge >= 0.3 is 5.97 Å². The maximum absolute atomic E-state index is 15.6. The quantitative estimate of drug-likeness (QED) is 0.270. The van der Waals surface area contributed by atoms with Crippen molar-refractivity contribution in [3.05, 3.63) is 85.8 Å². The summed E-state index contributed by atoms with van der Waals surface area (Å²) in [4.78, 5) is 41.0. The van der Waals surface area contributed by atoms with Crippen molar-refractivity contribution in [1.82, 2.24) is 20.0 Å². The first kappa shape index (κ1) is 33.2. The van der Waals surface area contributed by atoms with Gasteiger partial charge in [-0.25, -0.2) is 17.9 Å². The van der Waals surface area contributed by atoms with E-state index in [0.717, 1.165) is 4.68 Å². The van der Waals surface area contributed by atoms with Crippen molar-refractivity contribution in [3.8, 4) is 11.1 Å². The number of carboxylic acid groups (broad SMARTS) is 1. The third-order valence-electron chi connectivity index (χ3n) is 7.66. The molecule has 0 aliphatic carbocycles. The van der Waals surface area contributed by atoms with Gasteiger partial charge in [0.25, 0.3) is 5.56 Å². The van der Waals surface area contributed by atoms with E-state index in [4.69, 9.17) is 11.6 Å². The first-order chi connectivity index (χ1) is 20.7. The van der Waals surface area contributed by atoms with Gasteiger partial charge in [0.05, 0.1) is 23.2 Å². The molecule has 2 heterocycles. The standard InChI is InChI=1S/C32H36ClF3N4O4/c1-17(2)10-27(40-32(44)19(4)12-22(38-40)8-9-39-15-21(34)16-39)31(43)37-26(14-28(41)42)23-13-20(11-18(3)30(23)36)29-24(33)6-5-7-25(29)35/h5-7,11-13,17,21,26-27H,8-10,14-16H2,1-4H3,(H,37,43)(H,41,42)/t26-,27-/m0/s1. The molecule has 2 N–H and O–H groups in total. The van der Waals surface area contributed by atoms with E-state index < -0.39 is 53.7 Å². The van der Waals surface area contributed by atoms with E-state index in [9.17, 15) is 28.3 Å². The lowest BCUT2D eigenvalue weighted by Crippen LogP contribution is -2.49. The zero-order chi connectivity index (χ0) is 32.3. The van der Waals surface area contributed by atoms with Gasteiger partial charge in [-0.3, -0.25) is 19.3 Å². The Kier molecular flexibility index (Phi) is 10.5. The monoisotopic (exact) mass is 632 g/mol. The Morgan fingerprint density at radius 2 is 1.84 bits per heavy atom. The second-order valence-electron chi connectivity index (χ2n) is 11.8. The van der Waals surface area contributed by atoms with Crippen LogP contribution in [0.25, 0.3) is 11.1 Å². The molecular weight excluding hydrogens is 597 g/mol. The molecule has 0 unspecified atom stereocenters. The average Bonchev–Trinajstić information content (AvgIpc) is 2.92. The largest absolute Gasteiger partial charge is 0.481 e. The topological polar surface area (TPSA) is 105 Å². The van der Waals surface area contributed by atoms with Crippen molar-refractivity contribution in [1.29, 1.82) is 0 Å². The molecule has 1 aliphatic heterocycles. The highest BCUT2D eigenvalue weighted by Gasteiger charge is 2.31. The molecule has 236 valence electrons. The molecule has 0 spiro atoms. The SMILES string of the molecule is Cc1cc(-c2c(F)cccc2Cl)cc([C@H](CC(=O)O)NC(=O)[C@H](CC(C)C)n2nc(CCN3CC(F)C3)cc(C)c2=O)c1F. The fourth-order valence-corrected chi connectivity index (χ4v) is 5.69. The lowest BCUT2D eigenvalue weighted by molar-refractivity contribution is -0.138. The molecule has 3 aromatic rings. The molecule has 1 amide bonds. The zero-order valence-corrected chi connectivity index (χ0v) is 25.8. The van der Waals surface area contributed by atoms with Crippen molar-refractivity contribution in [2.24, 2.45) is 5.92 Å². The number of halogens is 4. The summed E-state index contributed by atoms with van der Waals surface area (Å²) in [6, 6.07) is 5.94. The molecule has 44 heavy (non-hydrogen) atoms. The highest BCUT2D eigenvalue weighted by molar-refractivity contribution is 6.33. The highest BCUT2D eigenvalue weighted by atomic mass is 35.5. The number of alkyl halides is 1. The number of amides is 1. The van der Waals surface area contributed by atoms with Crippen LogP contribution >= 0.6 is 11.6 Å². The lowest BCUT2D eigenvalue weighted by atomic mass is 9.93. The second-order valence-corrected chi connectivity index (χ2v) is 12.2. The van der Waals surface area contributed by atoms with Crippen molar-refractivity contribution < 1.29 is 27.9 Å². The summed E-state index contributed by atoms with van der Waals surface area (Å²) in [6.07, 6.45) is -0.919. The Bertz CT molecular complexity index is 1590. The van der Waals surface area contributed by atoms with Crippen LogP contribution < -0.4 is 10.9 Å². The van der Waals surface area contributed by atoms with Crippen LogP contribution in [-0.4, -0.2) is 57.5 Å². The van der Waals surface area contributed by atoms with Crippen LogP contribution in [0, 0.1) is 31.4 Å². The van der Waals surface area contributed by atoms with Gasteiger partial charge in [0.1, 0.15) is 23.8 Å². The number of carbonyl (C=O) groups is 2. The number of nitrogens with zero attached hydrogens (tertiary/aromatic N) is 3. The minimum absolute atomic E-state index is 0.0138. The number of aryl methyl sites for hydroxylation is 2. The molecule has 1 fully saturated rings. The first-order valence-electron chi connectivity index (χ1n) is 14.5. The number of likely N-dealkylation sites (tertiary alicyclic amines) is 1. The van der Waals surface area contributed by atoms with E-state index in [2.05, 4.69) is 10.4 Å². The molecule has 0 saturated carbocycles. The van der Waals surface area contributed by atoms with E-state index in [1.807, 2.05) is 18.7 Å². The van der Waals surface area contributed by atoms with Crippen LogP contribution in [0.1, 0.15) is 61.2 Å². The molecule has 0 bridgehead atoms. The Morgan fingerprint density at radius 3 is 2.45 bits per heavy atom. The summed E-state index contributed by atoms with van der Waals surface area (Å²) in [5, 5.41) is 16.9.